The van der Waals surface area contributed by atoms with Gasteiger partial charge in [0.2, 0.25) is 0 Å². The number of aliphatic carboxylic acids is 1. The summed E-state index contributed by atoms with van der Waals surface area (Å²) >= 11 is 0. The number of halogens is 3. The lowest BCUT2D eigenvalue weighted by atomic mass is 10.1. The van der Waals surface area contributed by atoms with Crippen LogP contribution in [0.1, 0.15) is 24.8 Å². The summed E-state index contributed by atoms with van der Waals surface area (Å²) in [7, 11) is 0. The van der Waals surface area contributed by atoms with Crippen LogP contribution in [-0.2, 0) is 11.0 Å². The molecule has 0 unspecified atom stereocenters. The van der Waals surface area contributed by atoms with E-state index in [4.69, 9.17) is 5.11 Å². The Bertz CT molecular complexity index is 720. The number of nitrogens with zero attached hydrogens (tertiary/aromatic N) is 2. The molecule has 0 bridgehead atoms. The molecule has 2 aliphatic rings. The molecule has 0 radical (unpaired) electrons. The molecule has 7 heteroatoms. The SMILES string of the molecule is O=C(O)C1=CCN(c2cc(C(F)(F)F)ccc2N2CCCCC2)C=C1. The number of hydrogen-bond acceptors (Lipinski definition) is 3. The maximum atomic E-state index is 13.1. The summed E-state index contributed by atoms with van der Waals surface area (Å²) in [5, 5.41) is 9.01. The van der Waals surface area contributed by atoms with Crippen molar-refractivity contribution in [1.82, 2.24) is 0 Å². The number of anilines is 2. The number of carbonyl (C=O) groups is 1. The quantitative estimate of drug-likeness (QED) is 0.892. The third-order valence-corrected chi connectivity index (χ3v) is 4.50. The molecule has 2 heterocycles. The number of alkyl halides is 3. The largest absolute Gasteiger partial charge is 0.478 e. The Morgan fingerprint density at radius 1 is 1.08 bits per heavy atom. The normalized spacial score (nSPS) is 18.3. The Hall–Kier alpha value is -2.44. The minimum Gasteiger partial charge on any atom is -0.478 e. The fourth-order valence-corrected chi connectivity index (χ4v) is 3.17. The fraction of sp³-hybridized carbons (Fsp3) is 0.389. The molecule has 1 saturated heterocycles. The van der Waals surface area contributed by atoms with Gasteiger partial charge in [-0.2, -0.15) is 13.2 Å². The first-order valence-electron chi connectivity index (χ1n) is 8.21. The molecule has 25 heavy (non-hydrogen) atoms. The van der Waals surface area contributed by atoms with Gasteiger partial charge in [0.15, 0.2) is 0 Å². The molecule has 3 rings (SSSR count). The molecule has 0 saturated carbocycles. The monoisotopic (exact) mass is 352 g/mol. The zero-order valence-corrected chi connectivity index (χ0v) is 13.6. The molecule has 4 nitrogen and oxygen atoms in total. The Morgan fingerprint density at radius 2 is 1.80 bits per heavy atom. The topological polar surface area (TPSA) is 43.8 Å². The Kier molecular flexibility index (Phi) is 4.74. The number of piperidine rings is 1. The van der Waals surface area contributed by atoms with Crippen molar-refractivity contribution in [3.8, 4) is 0 Å². The van der Waals surface area contributed by atoms with E-state index in [1.54, 1.807) is 4.90 Å². The molecule has 0 aromatic heterocycles. The highest BCUT2D eigenvalue weighted by atomic mass is 19.4. The first-order chi connectivity index (χ1) is 11.9. The van der Waals surface area contributed by atoms with Crippen LogP contribution in [0.25, 0.3) is 0 Å². The predicted octanol–water partition coefficient (Wildman–Crippen LogP) is 4.04. The van der Waals surface area contributed by atoms with Gasteiger partial charge in [0, 0.05) is 25.8 Å². The second-order valence-corrected chi connectivity index (χ2v) is 6.18. The van der Waals surface area contributed by atoms with Crippen LogP contribution < -0.4 is 9.80 Å². The zero-order valence-electron chi connectivity index (χ0n) is 13.6. The van der Waals surface area contributed by atoms with Gasteiger partial charge in [-0.15, -0.1) is 0 Å². The van der Waals surface area contributed by atoms with Crippen LogP contribution in [0.5, 0.6) is 0 Å². The van der Waals surface area contributed by atoms with E-state index in [1.165, 1.54) is 24.4 Å². The van der Waals surface area contributed by atoms with Crippen molar-refractivity contribution in [3.63, 3.8) is 0 Å². The van der Waals surface area contributed by atoms with Gasteiger partial charge in [-0.05, 0) is 43.5 Å². The van der Waals surface area contributed by atoms with E-state index in [0.717, 1.165) is 50.2 Å². The van der Waals surface area contributed by atoms with Crippen molar-refractivity contribution in [2.24, 2.45) is 0 Å². The Labute approximate surface area is 143 Å². The van der Waals surface area contributed by atoms with Crippen molar-refractivity contribution >= 4 is 17.3 Å². The number of benzene rings is 1. The second-order valence-electron chi connectivity index (χ2n) is 6.18. The second kappa shape index (κ2) is 6.82. The summed E-state index contributed by atoms with van der Waals surface area (Å²) in [6, 6.07) is 3.78. The number of rotatable bonds is 3. The van der Waals surface area contributed by atoms with E-state index in [-0.39, 0.29) is 12.1 Å². The summed E-state index contributed by atoms with van der Waals surface area (Å²) in [6.45, 7) is 1.85. The van der Waals surface area contributed by atoms with Crippen LogP contribution in [0, 0.1) is 0 Å². The molecule has 0 amide bonds. The van der Waals surface area contributed by atoms with Crippen molar-refractivity contribution in [2.75, 3.05) is 29.4 Å². The summed E-state index contributed by atoms with van der Waals surface area (Å²) in [6.07, 6.45) is 3.18. The minimum atomic E-state index is -4.42. The van der Waals surface area contributed by atoms with Gasteiger partial charge in [0.25, 0.3) is 0 Å². The maximum absolute atomic E-state index is 13.1. The van der Waals surface area contributed by atoms with Gasteiger partial charge in [-0.3, -0.25) is 0 Å². The van der Waals surface area contributed by atoms with Crippen molar-refractivity contribution in [2.45, 2.75) is 25.4 Å². The average molecular weight is 352 g/mol. The molecule has 2 aliphatic heterocycles. The lowest BCUT2D eigenvalue weighted by Gasteiger charge is -2.34. The average Bonchev–Trinajstić information content (AvgIpc) is 2.61. The van der Waals surface area contributed by atoms with Crippen LogP contribution in [0.4, 0.5) is 24.5 Å². The summed E-state index contributed by atoms with van der Waals surface area (Å²) in [4.78, 5) is 14.8. The zero-order chi connectivity index (χ0) is 18.0. The molecule has 0 atom stereocenters. The van der Waals surface area contributed by atoms with Gasteiger partial charge in [-0.25, -0.2) is 4.79 Å². The molecule has 134 valence electrons. The third-order valence-electron chi connectivity index (χ3n) is 4.50. The molecule has 1 N–H and O–H groups in total. The first-order valence-corrected chi connectivity index (χ1v) is 8.21. The summed E-state index contributed by atoms with van der Waals surface area (Å²) < 4.78 is 39.4. The van der Waals surface area contributed by atoms with Gasteiger partial charge >= 0.3 is 12.1 Å². The number of hydrogen-bond donors (Lipinski definition) is 1. The van der Waals surface area contributed by atoms with Crippen molar-refractivity contribution < 1.29 is 23.1 Å². The van der Waals surface area contributed by atoms with Gasteiger partial charge in [0.1, 0.15) is 0 Å². The van der Waals surface area contributed by atoms with Gasteiger partial charge < -0.3 is 14.9 Å². The van der Waals surface area contributed by atoms with E-state index < -0.39 is 17.7 Å². The molecule has 0 aliphatic carbocycles. The summed E-state index contributed by atoms with van der Waals surface area (Å²) in [5.74, 6) is -1.05. The van der Waals surface area contributed by atoms with Crippen LogP contribution in [-0.4, -0.2) is 30.7 Å². The molecule has 1 aromatic rings. The lowest BCUT2D eigenvalue weighted by molar-refractivity contribution is -0.137. The van der Waals surface area contributed by atoms with E-state index in [1.807, 2.05) is 0 Å². The summed E-state index contributed by atoms with van der Waals surface area (Å²) in [5.41, 5.74) is 0.644. The highest BCUT2D eigenvalue weighted by Crippen LogP contribution is 2.38. The van der Waals surface area contributed by atoms with E-state index in [9.17, 15) is 18.0 Å². The van der Waals surface area contributed by atoms with Crippen LogP contribution in [0.15, 0.2) is 42.1 Å². The smallest absolute Gasteiger partial charge is 0.416 e. The highest BCUT2D eigenvalue weighted by Gasteiger charge is 2.32. The highest BCUT2D eigenvalue weighted by molar-refractivity contribution is 5.90. The lowest BCUT2D eigenvalue weighted by Crippen LogP contribution is -2.32. The Balaban J connectivity index is 1.97. The Morgan fingerprint density at radius 3 is 2.36 bits per heavy atom. The number of carboxylic acid groups (broad SMARTS) is 1. The molecule has 1 aromatic carbocycles. The number of carboxylic acids is 1. The van der Waals surface area contributed by atoms with Crippen molar-refractivity contribution in [3.05, 3.63) is 47.7 Å². The fourth-order valence-electron chi connectivity index (χ4n) is 3.17. The van der Waals surface area contributed by atoms with E-state index in [2.05, 4.69) is 4.90 Å². The van der Waals surface area contributed by atoms with E-state index in [0.29, 0.717) is 5.69 Å². The maximum Gasteiger partial charge on any atom is 0.416 e. The van der Waals surface area contributed by atoms with E-state index >= 15 is 0 Å². The predicted molar refractivity (Wildman–Crippen MR) is 89.7 cm³/mol. The third kappa shape index (κ3) is 3.81. The van der Waals surface area contributed by atoms with Crippen LogP contribution in [0.2, 0.25) is 0 Å². The molecular formula is C18H19F3N2O2. The van der Waals surface area contributed by atoms with Crippen LogP contribution >= 0.6 is 0 Å². The molecule has 1 fully saturated rings. The standard InChI is InChI=1S/C18H19F3N2O2/c19-18(20,21)14-4-5-15(22-8-2-1-3-9-22)16(12-14)23-10-6-13(7-11-23)17(24)25/h4-7,10,12H,1-3,8-9,11H2,(H,24,25). The van der Waals surface area contributed by atoms with Crippen molar-refractivity contribution in [1.29, 1.82) is 0 Å². The first kappa shape index (κ1) is 17.4. The molecular weight excluding hydrogens is 333 g/mol. The van der Waals surface area contributed by atoms with Gasteiger partial charge in [0.05, 0.1) is 22.5 Å². The molecule has 0 spiro atoms. The van der Waals surface area contributed by atoms with Crippen LogP contribution in [0.3, 0.4) is 0 Å². The van der Waals surface area contributed by atoms with Gasteiger partial charge in [-0.1, -0.05) is 6.08 Å². The minimum absolute atomic E-state index is 0.141.